The quantitative estimate of drug-likeness (QED) is 0.215. The number of Topliss-reactive ketones (excluding diaryl/α,β-unsaturated/α-hetero) is 2. The highest BCUT2D eigenvalue weighted by Gasteiger charge is 2.73. The number of hydrogen-bond acceptors (Lipinski definition) is 5. The number of nitrogens with zero attached hydrogens (tertiary/aromatic N) is 1. The third-order valence-corrected chi connectivity index (χ3v) is 19.1. The van der Waals surface area contributed by atoms with Crippen molar-refractivity contribution in [2.45, 2.75) is 176 Å². The first kappa shape index (κ1) is 40.1. The second-order valence-electron chi connectivity index (χ2n) is 23.0. The highest BCUT2D eigenvalue weighted by atomic mass is 16.6. The maximum atomic E-state index is 15.3. The molecule has 2 aromatic heterocycles. The predicted octanol–water partition coefficient (Wildman–Crippen LogP) is 9.92. The van der Waals surface area contributed by atoms with Crippen molar-refractivity contribution in [1.29, 1.82) is 0 Å². The van der Waals surface area contributed by atoms with Gasteiger partial charge < -0.3 is 24.5 Å². The van der Waals surface area contributed by atoms with Crippen LogP contribution in [0, 0.1) is 64.6 Å². The average molecular weight is 803 g/mol. The van der Waals surface area contributed by atoms with Gasteiger partial charge in [-0.2, -0.15) is 0 Å². The minimum atomic E-state index is -0.706. The van der Waals surface area contributed by atoms with Gasteiger partial charge in [0.25, 0.3) is 0 Å². The standard InChI is InChI=1S/C52H70N2O5/c1-29-20-30(2)22-31(21-29)23-33-27-54-28-35-40-41(48(5,24-37(56)46-47(3,4)59-46)17-14-32-26-53-42(33)43(32)54)36(55)25-51(40,8)50(7)19-15-38-49(6,45(50)44(35)58)18-16-39(57)52(38,9)34-12-10-11-13-34/h20-22,26-27,34-35,37-38,44-46,53,56,58H,10-19,23-25,28H2,1-9H3/t35-,37-,38-,44-,45-,46-,48+,49-,50+,51+,52+/m1/s1. The van der Waals surface area contributed by atoms with Crippen LogP contribution in [0.15, 0.2) is 41.7 Å². The van der Waals surface area contributed by atoms with E-state index in [-0.39, 0.29) is 51.5 Å². The summed E-state index contributed by atoms with van der Waals surface area (Å²) in [5.41, 5.74) is 8.28. The van der Waals surface area contributed by atoms with Crippen LogP contribution in [0.5, 0.6) is 0 Å². The molecule has 7 nitrogen and oxygen atoms in total. The van der Waals surface area contributed by atoms with Crippen molar-refractivity contribution in [1.82, 2.24) is 9.55 Å². The molecule has 0 unspecified atom stereocenters. The summed E-state index contributed by atoms with van der Waals surface area (Å²) < 4.78 is 8.48. The van der Waals surface area contributed by atoms with Crippen molar-refractivity contribution >= 4 is 22.6 Å². The van der Waals surface area contributed by atoms with Crippen LogP contribution in [-0.2, 0) is 33.7 Å². The number of ether oxygens (including phenoxy) is 1. The molecule has 3 N–H and O–H groups in total. The van der Waals surface area contributed by atoms with Crippen LogP contribution in [0.2, 0.25) is 0 Å². The Labute approximate surface area is 352 Å². The Morgan fingerprint density at radius 1 is 0.932 bits per heavy atom. The fraction of sp³-hybridized carbons (Fsp3) is 0.692. The molecule has 0 radical (unpaired) electrons. The molecule has 2 aliphatic heterocycles. The molecule has 1 saturated heterocycles. The number of epoxide rings is 1. The third-order valence-electron chi connectivity index (χ3n) is 19.1. The van der Waals surface area contributed by atoms with Gasteiger partial charge in [-0.1, -0.05) is 76.8 Å². The lowest BCUT2D eigenvalue weighted by Gasteiger charge is -2.70. The normalized spacial score (nSPS) is 40.9. The van der Waals surface area contributed by atoms with E-state index in [9.17, 15) is 15.0 Å². The van der Waals surface area contributed by atoms with Crippen LogP contribution >= 0.6 is 0 Å². The number of H-pyrrole nitrogens is 1. The Bertz CT molecular complexity index is 2270. The number of aliphatic hydroxyl groups excluding tert-OH is 2. The number of carbonyl (C=O) groups excluding carboxylic acids is 2. The van der Waals surface area contributed by atoms with E-state index in [1.165, 1.54) is 51.7 Å². The van der Waals surface area contributed by atoms with Crippen molar-refractivity contribution < 1.29 is 24.5 Å². The molecule has 10 rings (SSSR count). The van der Waals surface area contributed by atoms with Crippen LogP contribution in [0.25, 0.3) is 11.0 Å². The monoisotopic (exact) mass is 803 g/mol. The van der Waals surface area contributed by atoms with Crippen molar-refractivity contribution in [2.75, 3.05) is 0 Å². The zero-order chi connectivity index (χ0) is 41.8. The molecule has 4 heterocycles. The first-order valence-corrected chi connectivity index (χ1v) is 23.4. The van der Waals surface area contributed by atoms with Crippen LogP contribution in [0.1, 0.15) is 147 Å². The Hall–Kier alpha value is -3.00. The van der Waals surface area contributed by atoms with E-state index in [0.717, 1.165) is 56.0 Å². The van der Waals surface area contributed by atoms with Gasteiger partial charge in [0.2, 0.25) is 0 Å². The molecule has 59 heavy (non-hydrogen) atoms. The van der Waals surface area contributed by atoms with E-state index in [4.69, 9.17) is 4.74 Å². The summed E-state index contributed by atoms with van der Waals surface area (Å²) in [6.07, 6.45) is 13.9. The molecule has 5 fully saturated rings. The second-order valence-corrected chi connectivity index (χ2v) is 23.0. The fourth-order valence-corrected chi connectivity index (χ4v) is 16.3. The largest absolute Gasteiger partial charge is 0.392 e. The van der Waals surface area contributed by atoms with Gasteiger partial charge in [-0.05, 0) is 135 Å². The summed E-state index contributed by atoms with van der Waals surface area (Å²) in [5.74, 6) is 0.914. The summed E-state index contributed by atoms with van der Waals surface area (Å²) in [4.78, 5) is 33.3. The number of aromatic amines is 1. The molecule has 11 atom stereocenters. The Morgan fingerprint density at radius 3 is 2.31 bits per heavy atom. The van der Waals surface area contributed by atoms with Crippen molar-refractivity contribution in [2.24, 2.45) is 50.7 Å². The van der Waals surface area contributed by atoms with Gasteiger partial charge in [0.1, 0.15) is 11.9 Å². The molecule has 4 saturated carbocycles. The zero-order valence-electron chi connectivity index (χ0n) is 37.4. The molecule has 0 amide bonds. The van der Waals surface area contributed by atoms with Crippen molar-refractivity contribution in [3.05, 3.63) is 69.6 Å². The van der Waals surface area contributed by atoms with Gasteiger partial charge in [0.05, 0.1) is 28.8 Å². The average Bonchev–Trinajstić information content (AvgIpc) is 3.70. The number of aromatic nitrogens is 2. The molecular weight excluding hydrogens is 733 g/mol. The number of ketones is 2. The number of carbonyl (C=O) groups is 2. The van der Waals surface area contributed by atoms with Crippen molar-refractivity contribution in [3.63, 3.8) is 0 Å². The number of hydrogen-bond donors (Lipinski definition) is 3. The van der Waals surface area contributed by atoms with Gasteiger partial charge >= 0.3 is 0 Å². The molecule has 0 spiro atoms. The van der Waals surface area contributed by atoms with E-state index < -0.39 is 23.0 Å². The number of nitrogens with one attached hydrogen (secondary N) is 1. The van der Waals surface area contributed by atoms with Crippen LogP contribution in [0.3, 0.4) is 0 Å². The number of allylic oxidation sites excluding steroid dienone is 1. The van der Waals surface area contributed by atoms with Gasteiger partial charge in [-0.3, -0.25) is 9.59 Å². The van der Waals surface area contributed by atoms with Crippen LogP contribution < -0.4 is 0 Å². The smallest absolute Gasteiger partial charge is 0.160 e. The Kier molecular flexibility index (Phi) is 8.85. The van der Waals surface area contributed by atoms with Crippen LogP contribution in [0.4, 0.5) is 0 Å². The second kappa shape index (κ2) is 13.0. The highest BCUT2D eigenvalue weighted by molar-refractivity contribution is 6.02. The molecule has 1 aromatic carbocycles. The predicted molar refractivity (Wildman–Crippen MR) is 232 cm³/mol. The molecule has 7 aliphatic rings. The van der Waals surface area contributed by atoms with E-state index in [2.05, 4.69) is 88.6 Å². The number of rotatable bonds is 6. The Morgan fingerprint density at radius 2 is 1.63 bits per heavy atom. The SMILES string of the molecule is Cc1cc(C)cc(Cc2cn3c4c(c[nH]c24)CC[C@@](C)(C[C@@H](O)[C@H]2OC2(C)C)C2=C4[C@@H](C3)[C@@H](O)[C@@H]3[C@]5(C)CCC(=O)[C@@](C)(C6CCCC6)[C@@H]5CC[C@]3(C)[C@@]4(C)CC2=O)c1. The zero-order valence-corrected chi connectivity index (χ0v) is 37.4. The lowest BCUT2D eigenvalue weighted by atomic mass is 9.33. The number of benzene rings is 1. The van der Waals surface area contributed by atoms with E-state index >= 15 is 4.79 Å². The maximum Gasteiger partial charge on any atom is 0.160 e. The lowest BCUT2D eigenvalue weighted by Crippen LogP contribution is -2.68. The molecule has 7 heteroatoms. The first-order chi connectivity index (χ1) is 27.7. The van der Waals surface area contributed by atoms with E-state index in [0.29, 0.717) is 43.9 Å². The topological polar surface area (TPSA) is 108 Å². The third kappa shape index (κ3) is 5.54. The van der Waals surface area contributed by atoms with E-state index in [1.807, 2.05) is 13.8 Å². The Balaban J connectivity index is 1.15. The summed E-state index contributed by atoms with van der Waals surface area (Å²) in [5, 5.41) is 25.6. The molecular formula is C52H70N2O5. The van der Waals surface area contributed by atoms with Gasteiger partial charge in [0, 0.05) is 60.5 Å². The van der Waals surface area contributed by atoms with Gasteiger partial charge in [-0.25, -0.2) is 0 Å². The molecule has 3 aromatic rings. The minimum absolute atomic E-state index is 0.0691. The van der Waals surface area contributed by atoms with Crippen LogP contribution in [-0.4, -0.2) is 55.2 Å². The van der Waals surface area contributed by atoms with Gasteiger partial charge in [-0.15, -0.1) is 0 Å². The van der Waals surface area contributed by atoms with Gasteiger partial charge in [0.15, 0.2) is 5.78 Å². The summed E-state index contributed by atoms with van der Waals surface area (Å²) in [6, 6.07) is 6.82. The maximum absolute atomic E-state index is 15.3. The number of fused-ring (bicyclic) bond motifs is 4. The highest BCUT2D eigenvalue weighted by Crippen LogP contribution is 2.76. The summed E-state index contributed by atoms with van der Waals surface area (Å²) >= 11 is 0. The lowest BCUT2D eigenvalue weighted by molar-refractivity contribution is -0.227. The summed E-state index contributed by atoms with van der Waals surface area (Å²) in [6.45, 7) is 20.8. The molecule has 0 bridgehead atoms. The molecule has 5 aliphatic carbocycles. The summed E-state index contributed by atoms with van der Waals surface area (Å²) in [7, 11) is 0. The number of aryl methyl sites for hydroxylation is 3. The molecule has 318 valence electrons. The first-order valence-electron chi connectivity index (χ1n) is 23.4. The number of aliphatic hydroxyl groups is 2. The minimum Gasteiger partial charge on any atom is -0.392 e. The fourth-order valence-electron chi connectivity index (χ4n) is 16.3. The van der Waals surface area contributed by atoms with Crippen molar-refractivity contribution in [3.8, 4) is 0 Å². The van der Waals surface area contributed by atoms with E-state index in [1.54, 1.807) is 0 Å².